The van der Waals surface area contributed by atoms with Crippen LogP contribution in [0.5, 0.6) is 0 Å². The highest BCUT2D eigenvalue weighted by Gasteiger charge is 2.08. The quantitative estimate of drug-likeness (QED) is 0.212. The molecule has 0 aliphatic carbocycles. The van der Waals surface area contributed by atoms with Gasteiger partial charge in [0.2, 0.25) is 11.9 Å². The number of rotatable bonds is 11. The number of amides is 1. The van der Waals surface area contributed by atoms with Crippen molar-refractivity contribution in [3.63, 3.8) is 0 Å². The number of benzene rings is 1. The Morgan fingerprint density at radius 1 is 1.19 bits per heavy atom. The molecule has 2 rings (SSSR count). The van der Waals surface area contributed by atoms with E-state index in [1.165, 1.54) is 6.08 Å². The average Bonchev–Trinajstić information content (AvgIpc) is 2.75. The van der Waals surface area contributed by atoms with Gasteiger partial charge in [0, 0.05) is 24.2 Å². The number of nitrogens with one attached hydrogen (secondary N) is 3. The molecule has 0 unspecified atom stereocenters. The largest absolute Gasteiger partial charge is 0.496 e. The van der Waals surface area contributed by atoms with Gasteiger partial charge in [-0.1, -0.05) is 12.6 Å². The Kier molecular flexibility index (Phi) is 9.18. The van der Waals surface area contributed by atoms with Gasteiger partial charge in [-0.15, -0.1) is 0 Å². The summed E-state index contributed by atoms with van der Waals surface area (Å²) in [4.78, 5) is 19.6. The first-order chi connectivity index (χ1) is 14.9. The third-order valence-electron chi connectivity index (χ3n) is 3.82. The van der Waals surface area contributed by atoms with E-state index < -0.39 is 5.82 Å². The van der Waals surface area contributed by atoms with E-state index in [1.807, 2.05) is 13.8 Å². The molecule has 0 atom stereocenters. The zero-order valence-electron chi connectivity index (χ0n) is 17.7. The molecule has 31 heavy (non-hydrogen) atoms. The second-order valence-electron chi connectivity index (χ2n) is 6.38. The molecule has 0 saturated heterocycles. The van der Waals surface area contributed by atoms with E-state index in [4.69, 9.17) is 9.47 Å². The highest BCUT2D eigenvalue weighted by atomic mass is 19.1. The van der Waals surface area contributed by atoms with E-state index in [0.29, 0.717) is 24.6 Å². The van der Waals surface area contributed by atoms with Gasteiger partial charge in [-0.3, -0.25) is 4.79 Å². The SMILES string of the molecule is C=CC(=O)Nc1cccc(Nc2nc(N/C(C)=C/C=C(\C)OCCOC)ncc2F)c1. The van der Waals surface area contributed by atoms with Gasteiger partial charge in [0.1, 0.15) is 6.61 Å². The summed E-state index contributed by atoms with van der Waals surface area (Å²) in [6.45, 7) is 8.04. The van der Waals surface area contributed by atoms with Crippen molar-refractivity contribution < 1.29 is 18.7 Å². The first-order valence-corrected chi connectivity index (χ1v) is 9.48. The number of anilines is 4. The summed E-state index contributed by atoms with van der Waals surface area (Å²) < 4.78 is 24.6. The van der Waals surface area contributed by atoms with Crippen LogP contribution in [0.4, 0.5) is 27.5 Å². The fourth-order valence-corrected chi connectivity index (χ4v) is 2.31. The normalized spacial score (nSPS) is 11.6. The van der Waals surface area contributed by atoms with Crippen LogP contribution in [0.15, 0.2) is 66.7 Å². The molecule has 0 aliphatic rings. The molecule has 0 radical (unpaired) electrons. The molecule has 2 aromatic rings. The molecule has 1 aromatic carbocycles. The van der Waals surface area contributed by atoms with Gasteiger partial charge in [0.15, 0.2) is 11.6 Å². The minimum atomic E-state index is -0.616. The Labute approximate surface area is 180 Å². The number of carbonyl (C=O) groups is 1. The number of aromatic nitrogens is 2. The van der Waals surface area contributed by atoms with Crippen molar-refractivity contribution in [3.8, 4) is 0 Å². The second-order valence-corrected chi connectivity index (χ2v) is 6.38. The van der Waals surface area contributed by atoms with Crippen molar-refractivity contribution in [2.75, 3.05) is 36.3 Å². The molecular weight excluding hydrogens is 401 g/mol. The lowest BCUT2D eigenvalue weighted by atomic mass is 10.2. The number of hydrogen-bond donors (Lipinski definition) is 3. The molecule has 3 N–H and O–H groups in total. The number of carbonyl (C=O) groups excluding carboxylic acids is 1. The van der Waals surface area contributed by atoms with Gasteiger partial charge in [0.05, 0.1) is 18.6 Å². The lowest BCUT2D eigenvalue weighted by molar-refractivity contribution is -0.111. The predicted octanol–water partition coefficient (Wildman–Crippen LogP) is 4.37. The molecule has 164 valence electrons. The lowest BCUT2D eigenvalue weighted by Gasteiger charge is -2.11. The smallest absolute Gasteiger partial charge is 0.247 e. The van der Waals surface area contributed by atoms with Gasteiger partial charge in [0.25, 0.3) is 0 Å². The molecule has 1 aromatic heterocycles. The Morgan fingerprint density at radius 3 is 2.71 bits per heavy atom. The van der Waals surface area contributed by atoms with Crippen LogP contribution in [0, 0.1) is 5.82 Å². The average molecular weight is 427 g/mol. The summed E-state index contributed by atoms with van der Waals surface area (Å²) in [6, 6.07) is 6.80. The van der Waals surface area contributed by atoms with Gasteiger partial charge in [-0.05, 0) is 50.3 Å². The molecule has 0 aliphatic heterocycles. The third kappa shape index (κ3) is 8.27. The van der Waals surface area contributed by atoms with Crippen molar-refractivity contribution in [2.45, 2.75) is 13.8 Å². The molecule has 0 saturated carbocycles. The lowest BCUT2D eigenvalue weighted by Crippen LogP contribution is -2.08. The van der Waals surface area contributed by atoms with E-state index in [0.717, 1.165) is 17.7 Å². The van der Waals surface area contributed by atoms with Crippen molar-refractivity contribution in [1.29, 1.82) is 0 Å². The topological polar surface area (TPSA) is 97.4 Å². The maximum absolute atomic E-state index is 14.2. The maximum atomic E-state index is 14.2. The fraction of sp³-hybridized carbons (Fsp3) is 0.227. The van der Waals surface area contributed by atoms with Gasteiger partial charge in [-0.2, -0.15) is 4.98 Å². The summed E-state index contributed by atoms with van der Waals surface area (Å²) >= 11 is 0. The zero-order valence-corrected chi connectivity index (χ0v) is 17.7. The van der Waals surface area contributed by atoms with E-state index in [1.54, 1.807) is 43.5 Å². The highest BCUT2D eigenvalue weighted by molar-refractivity contribution is 5.99. The molecule has 9 heteroatoms. The molecule has 8 nitrogen and oxygen atoms in total. The van der Waals surface area contributed by atoms with Gasteiger partial charge in [-0.25, -0.2) is 9.37 Å². The summed E-state index contributed by atoms with van der Waals surface area (Å²) in [7, 11) is 1.61. The number of nitrogens with zero attached hydrogens (tertiary/aromatic N) is 2. The number of halogens is 1. The van der Waals surface area contributed by atoms with Crippen LogP contribution in [-0.2, 0) is 14.3 Å². The Balaban J connectivity index is 2.07. The van der Waals surface area contributed by atoms with Crippen LogP contribution in [-0.4, -0.2) is 36.2 Å². The molecule has 0 fully saturated rings. The van der Waals surface area contributed by atoms with Crippen molar-refractivity contribution in [1.82, 2.24) is 9.97 Å². The van der Waals surface area contributed by atoms with Crippen LogP contribution in [0.3, 0.4) is 0 Å². The summed E-state index contributed by atoms with van der Waals surface area (Å²) in [5, 5.41) is 8.54. The van der Waals surface area contributed by atoms with Crippen LogP contribution in [0.25, 0.3) is 0 Å². The summed E-state index contributed by atoms with van der Waals surface area (Å²) in [6.07, 6.45) is 5.83. The van der Waals surface area contributed by atoms with Crippen molar-refractivity contribution in [3.05, 3.63) is 72.5 Å². The van der Waals surface area contributed by atoms with Crippen molar-refractivity contribution in [2.24, 2.45) is 0 Å². The summed E-state index contributed by atoms with van der Waals surface area (Å²) in [5.41, 5.74) is 1.82. The van der Waals surface area contributed by atoms with E-state index in [-0.39, 0.29) is 17.7 Å². The van der Waals surface area contributed by atoms with E-state index in [9.17, 15) is 9.18 Å². The maximum Gasteiger partial charge on any atom is 0.247 e. The zero-order chi connectivity index (χ0) is 22.6. The second kappa shape index (κ2) is 12.1. The molecule has 1 amide bonds. The van der Waals surface area contributed by atoms with Gasteiger partial charge < -0.3 is 25.4 Å². The molecule has 0 bridgehead atoms. The Hall–Kier alpha value is -3.72. The Bertz CT molecular complexity index is 975. The molecule has 0 spiro atoms. The standard InChI is InChI=1S/C22H26FN5O3/c1-5-20(29)26-17-7-6-8-18(13-17)27-21-19(23)14-24-22(28-21)25-15(2)9-10-16(3)31-12-11-30-4/h5-10,13-14H,1,11-12H2,2-4H3,(H,26,29)(H2,24,25,27,28)/b15-9+,16-10+. The Morgan fingerprint density at radius 2 is 1.97 bits per heavy atom. The minimum Gasteiger partial charge on any atom is -0.496 e. The number of allylic oxidation sites excluding steroid dienone is 4. The number of methoxy groups -OCH3 is 1. The van der Waals surface area contributed by atoms with E-state index >= 15 is 0 Å². The monoisotopic (exact) mass is 427 g/mol. The number of hydrogen-bond acceptors (Lipinski definition) is 7. The van der Waals surface area contributed by atoms with Gasteiger partial charge >= 0.3 is 0 Å². The summed E-state index contributed by atoms with van der Waals surface area (Å²) in [5.74, 6) is -0.0151. The highest BCUT2D eigenvalue weighted by Crippen LogP contribution is 2.22. The van der Waals surface area contributed by atoms with Crippen LogP contribution in [0.2, 0.25) is 0 Å². The molecule has 1 heterocycles. The van der Waals surface area contributed by atoms with Crippen LogP contribution < -0.4 is 16.0 Å². The first-order valence-electron chi connectivity index (χ1n) is 9.48. The number of ether oxygens (including phenoxy) is 2. The van der Waals surface area contributed by atoms with Crippen LogP contribution >= 0.6 is 0 Å². The fourth-order valence-electron chi connectivity index (χ4n) is 2.31. The molecular formula is C22H26FN5O3. The predicted molar refractivity (Wildman–Crippen MR) is 120 cm³/mol. The van der Waals surface area contributed by atoms with Crippen LogP contribution in [0.1, 0.15) is 13.8 Å². The third-order valence-corrected chi connectivity index (χ3v) is 3.82. The van der Waals surface area contributed by atoms with Crippen molar-refractivity contribution >= 4 is 29.0 Å². The van der Waals surface area contributed by atoms with E-state index in [2.05, 4.69) is 32.5 Å². The first kappa shape index (κ1) is 23.6. The minimum absolute atomic E-state index is 0.00730.